The molecule has 0 aliphatic carbocycles. The van der Waals surface area contributed by atoms with Crippen molar-refractivity contribution in [2.24, 2.45) is 0 Å². The van der Waals surface area contributed by atoms with E-state index in [9.17, 15) is 4.79 Å². The number of rotatable bonds is 4. The van der Waals surface area contributed by atoms with Gasteiger partial charge in [-0.1, -0.05) is 18.2 Å². The highest BCUT2D eigenvalue weighted by atomic mass is 16.5. The molecule has 0 spiro atoms. The van der Waals surface area contributed by atoms with Gasteiger partial charge >= 0.3 is 0 Å². The lowest BCUT2D eigenvalue weighted by Crippen LogP contribution is -2.17. The molecule has 0 radical (unpaired) electrons. The van der Waals surface area contributed by atoms with Crippen molar-refractivity contribution in [3.05, 3.63) is 77.0 Å². The predicted molar refractivity (Wildman–Crippen MR) is 104 cm³/mol. The SMILES string of the molecule is Cc1cccc(Oc2cccc(NC(=O)c3c(C)cc(C)nc3N)c2)c1. The van der Waals surface area contributed by atoms with Crippen molar-refractivity contribution < 1.29 is 9.53 Å². The molecule has 2 aromatic carbocycles. The quantitative estimate of drug-likeness (QED) is 0.721. The Kier molecular flexibility index (Phi) is 4.89. The Morgan fingerprint density at radius 2 is 1.69 bits per heavy atom. The highest BCUT2D eigenvalue weighted by molar-refractivity contribution is 6.08. The van der Waals surface area contributed by atoms with Crippen LogP contribution < -0.4 is 15.8 Å². The van der Waals surface area contributed by atoms with Crippen molar-refractivity contribution >= 4 is 17.4 Å². The Morgan fingerprint density at radius 3 is 2.38 bits per heavy atom. The minimum Gasteiger partial charge on any atom is -0.457 e. The van der Waals surface area contributed by atoms with Crippen LogP contribution in [-0.2, 0) is 0 Å². The second-order valence-corrected chi connectivity index (χ2v) is 6.24. The fourth-order valence-corrected chi connectivity index (χ4v) is 2.81. The maximum atomic E-state index is 12.6. The lowest BCUT2D eigenvalue weighted by Gasteiger charge is -2.12. The first kappa shape index (κ1) is 17.5. The van der Waals surface area contributed by atoms with Crippen LogP contribution in [0.1, 0.15) is 27.2 Å². The Morgan fingerprint density at radius 1 is 1.00 bits per heavy atom. The molecule has 0 atom stereocenters. The summed E-state index contributed by atoms with van der Waals surface area (Å²) in [4.78, 5) is 16.8. The van der Waals surface area contributed by atoms with Gasteiger partial charge in [-0.2, -0.15) is 0 Å². The number of nitrogens with zero attached hydrogens (tertiary/aromatic N) is 1. The molecule has 0 aliphatic rings. The molecule has 26 heavy (non-hydrogen) atoms. The zero-order valence-corrected chi connectivity index (χ0v) is 15.0. The van der Waals surface area contributed by atoms with Crippen LogP contribution in [0.5, 0.6) is 11.5 Å². The number of aryl methyl sites for hydroxylation is 3. The van der Waals surface area contributed by atoms with E-state index in [-0.39, 0.29) is 11.7 Å². The molecule has 3 N–H and O–H groups in total. The van der Waals surface area contributed by atoms with E-state index in [4.69, 9.17) is 10.5 Å². The highest BCUT2D eigenvalue weighted by Gasteiger charge is 2.15. The lowest BCUT2D eigenvalue weighted by atomic mass is 10.1. The second kappa shape index (κ2) is 7.27. The van der Waals surface area contributed by atoms with Gasteiger partial charge in [0.25, 0.3) is 5.91 Å². The van der Waals surface area contributed by atoms with Crippen LogP contribution in [0.3, 0.4) is 0 Å². The van der Waals surface area contributed by atoms with E-state index in [1.54, 1.807) is 12.1 Å². The average Bonchev–Trinajstić information content (AvgIpc) is 2.54. The smallest absolute Gasteiger partial charge is 0.259 e. The normalized spacial score (nSPS) is 10.4. The molecule has 1 aromatic heterocycles. The van der Waals surface area contributed by atoms with E-state index in [0.29, 0.717) is 17.0 Å². The molecule has 0 unspecified atom stereocenters. The first-order valence-electron chi connectivity index (χ1n) is 8.32. The Hall–Kier alpha value is -3.34. The van der Waals surface area contributed by atoms with Crippen molar-refractivity contribution in [2.75, 3.05) is 11.1 Å². The second-order valence-electron chi connectivity index (χ2n) is 6.24. The van der Waals surface area contributed by atoms with Gasteiger partial charge in [-0.25, -0.2) is 4.98 Å². The van der Waals surface area contributed by atoms with Gasteiger partial charge in [-0.05, 0) is 62.2 Å². The van der Waals surface area contributed by atoms with Crippen molar-refractivity contribution in [3.63, 3.8) is 0 Å². The molecule has 0 saturated carbocycles. The summed E-state index contributed by atoms with van der Waals surface area (Å²) in [5.41, 5.74) is 9.63. The van der Waals surface area contributed by atoms with E-state index in [0.717, 1.165) is 22.6 Å². The molecule has 5 heteroatoms. The number of ether oxygens (including phenoxy) is 1. The zero-order chi connectivity index (χ0) is 18.7. The van der Waals surface area contributed by atoms with Gasteiger partial charge in [0.2, 0.25) is 0 Å². The number of nitrogens with two attached hydrogens (primary N) is 1. The molecule has 1 heterocycles. The number of carbonyl (C=O) groups is 1. The van der Waals surface area contributed by atoms with E-state index >= 15 is 0 Å². The third-order valence-electron chi connectivity index (χ3n) is 3.92. The van der Waals surface area contributed by atoms with Crippen LogP contribution in [0.2, 0.25) is 0 Å². The molecule has 0 saturated heterocycles. The molecule has 3 rings (SSSR count). The number of nitrogens with one attached hydrogen (secondary N) is 1. The first-order chi connectivity index (χ1) is 12.4. The van der Waals surface area contributed by atoms with Gasteiger partial charge in [0.15, 0.2) is 0 Å². The highest BCUT2D eigenvalue weighted by Crippen LogP contribution is 2.25. The lowest BCUT2D eigenvalue weighted by molar-refractivity contribution is 0.102. The molecular weight excluding hydrogens is 326 g/mol. The van der Waals surface area contributed by atoms with E-state index in [1.165, 1.54) is 0 Å². The number of benzene rings is 2. The number of amides is 1. The summed E-state index contributed by atoms with van der Waals surface area (Å²) >= 11 is 0. The average molecular weight is 347 g/mol. The summed E-state index contributed by atoms with van der Waals surface area (Å²) in [6.07, 6.45) is 0. The van der Waals surface area contributed by atoms with Gasteiger partial charge in [-0.3, -0.25) is 4.79 Å². The fourth-order valence-electron chi connectivity index (χ4n) is 2.81. The number of pyridine rings is 1. The topological polar surface area (TPSA) is 77.2 Å². The van der Waals surface area contributed by atoms with Crippen LogP contribution in [0.25, 0.3) is 0 Å². The van der Waals surface area contributed by atoms with E-state index < -0.39 is 0 Å². The largest absolute Gasteiger partial charge is 0.457 e. The number of nitrogen functional groups attached to an aromatic ring is 1. The van der Waals surface area contributed by atoms with Crippen LogP contribution in [0.4, 0.5) is 11.5 Å². The van der Waals surface area contributed by atoms with Crippen LogP contribution in [0.15, 0.2) is 54.6 Å². The number of hydrogen-bond acceptors (Lipinski definition) is 4. The van der Waals surface area contributed by atoms with Crippen molar-refractivity contribution in [1.82, 2.24) is 4.98 Å². The third-order valence-corrected chi connectivity index (χ3v) is 3.92. The molecular formula is C21H21N3O2. The molecule has 0 fully saturated rings. The Bertz CT molecular complexity index is 944. The minimum absolute atomic E-state index is 0.229. The standard InChI is InChI=1S/C21H21N3O2/c1-13-6-4-8-17(10-13)26-18-9-5-7-16(12-18)24-21(25)19-14(2)11-15(3)23-20(19)22/h4-12H,1-3H3,(H2,22,23)(H,24,25). The molecule has 3 aromatic rings. The number of hydrogen-bond donors (Lipinski definition) is 2. The summed E-state index contributed by atoms with van der Waals surface area (Å²) in [7, 11) is 0. The number of aromatic nitrogens is 1. The molecule has 132 valence electrons. The zero-order valence-electron chi connectivity index (χ0n) is 15.0. The van der Waals surface area contributed by atoms with Crippen molar-refractivity contribution in [1.29, 1.82) is 0 Å². The van der Waals surface area contributed by atoms with Crippen molar-refractivity contribution in [2.45, 2.75) is 20.8 Å². The van der Waals surface area contributed by atoms with Crippen LogP contribution in [-0.4, -0.2) is 10.9 Å². The van der Waals surface area contributed by atoms with Gasteiger partial charge in [0, 0.05) is 17.4 Å². The first-order valence-corrected chi connectivity index (χ1v) is 8.32. The fraction of sp³-hybridized carbons (Fsp3) is 0.143. The Balaban J connectivity index is 1.80. The molecule has 0 aliphatic heterocycles. The maximum absolute atomic E-state index is 12.6. The summed E-state index contributed by atoms with van der Waals surface area (Å²) in [6.45, 7) is 5.69. The van der Waals surface area contributed by atoms with E-state index in [1.807, 2.05) is 63.2 Å². The van der Waals surface area contributed by atoms with Crippen molar-refractivity contribution in [3.8, 4) is 11.5 Å². The summed E-state index contributed by atoms with van der Waals surface area (Å²) in [5.74, 6) is 1.32. The molecule has 1 amide bonds. The van der Waals surface area contributed by atoms with Gasteiger partial charge < -0.3 is 15.8 Å². The van der Waals surface area contributed by atoms with Gasteiger partial charge in [0.05, 0.1) is 5.56 Å². The summed E-state index contributed by atoms with van der Waals surface area (Å²) in [6, 6.07) is 16.9. The van der Waals surface area contributed by atoms with Crippen LogP contribution in [0, 0.1) is 20.8 Å². The summed E-state index contributed by atoms with van der Waals surface area (Å²) in [5, 5.41) is 2.86. The molecule has 0 bridgehead atoms. The molecule has 5 nitrogen and oxygen atoms in total. The predicted octanol–water partition coefficient (Wildman–Crippen LogP) is 4.63. The van der Waals surface area contributed by atoms with Gasteiger partial charge in [-0.15, -0.1) is 0 Å². The Labute approximate surface area is 152 Å². The number of carbonyl (C=O) groups excluding carboxylic acids is 1. The van der Waals surface area contributed by atoms with Gasteiger partial charge in [0.1, 0.15) is 17.3 Å². The van der Waals surface area contributed by atoms with E-state index in [2.05, 4.69) is 10.3 Å². The minimum atomic E-state index is -0.291. The van der Waals surface area contributed by atoms with Crippen LogP contribution >= 0.6 is 0 Å². The maximum Gasteiger partial charge on any atom is 0.259 e. The third kappa shape index (κ3) is 4.00. The monoisotopic (exact) mass is 347 g/mol. The summed E-state index contributed by atoms with van der Waals surface area (Å²) < 4.78 is 5.86. The number of anilines is 2.